The summed E-state index contributed by atoms with van der Waals surface area (Å²) >= 11 is 0. The maximum Gasteiger partial charge on any atom is 1.00 e. The Morgan fingerprint density at radius 1 is 0.900 bits per heavy atom. The molecule has 0 spiro atoms. The van der Waals surface area contributed by atoms with Crippen LogP contribution in [0.4, 0.5) is 0 Å². The molecule has 0 amide bonds. The quantitative estimate of drug-likeness (QED) is 0.219. The zero-order chi connectivity index (χ0) is 6.57. The van der Waals surface area contributed by atoms with Gasteiger partial charge in [-0.25, -0.2) is 0 Å². The van der Waals surface area contributed by atoms with Crippen LogP contribution in [0.2, 0.25) is 0 Å². The Bertz CT molecular complexity index is 119. The van der Waals surface area contributed by atoms with Gasteiger partial charge in [0.1, 0.15) is 0 Å². The number of hydrogen-bond donors (Lipinski definition) is 0. The van der Waals surface area contributed by atoms with E-state index in [1.165, 1.54) is 13.8 Å². The molecular formula is C4H6N2Na2O2. The van der Waals surface area contributed by atoms with E-state index in [1.54, 1.807) is 0 Å². The Kier molecular flexibility index (Phi) is 17.0. The first-order valence-electron chi connectivity index (χ1n) is 2.06. The van der Waals surface area contributed by atoms with Crippen LogP contribution in [0.5, 0.6) is 0 Å². The molecule has 0 aliphatic carbocycles. The van der Waals surface area contributed by atoms with E-state index in [4.69, 9.17) is 0 Å². The summed E-state index contributed by atoms with van der Waals surface area (Å²) in [7, 11) is 0. The summed E-state index contributed by atoms with van der Waals surface area (Å²) in [6.07, 6.45) is 0. The molecule has 0 fully saturated rings. The summed E-state index contributed by atoms with van der Waals surface area (Å²) < 4.78 is 0. The Balaban J connectivity index is -0.000000245. The molecule has 46 valence electrons. The predicted octanol–water partition coefficient (Wildman–Crippen LogP) is -5.09. The summed E-state index contributed by atoms with van der Waals surface area (Å²) in [5.41, 5.74) is 0.278. The van der Waals surface area contributed by atoms with Crippen LogP contribution >= 0.6 is 0 Å². The Morgan fingerprint density at radius 2 is 1.10 bits per heavy atom. The molecule has 0 atom stereocenters. The SMILES string of the molecule is CC(=N/[O-])/C(C)=N\[O-].[Na+].[Na+]. The standard InChI is InChI=1S/C4H8N2O2.2Na/c1-3(5-7)4(2)6-8;;/h7-8H,1-2H3;;/q;2*+1/p-2/b5-3-,6-4-;;. The number of hydrogen-bond acceptors (Lipinski definition) is 4. The summed E-state index contributed by atoms with van der Waals surface area (Å²) in [5.74, 6) is 0. The van der Waals surface area contributed by atoms with E-state index in [2.05, 4.69) is 10.3 Å². The van der Waals surface area contributed by atoms with Gasteiger partial charge in [-0.1, -0.05) is 0 Å². The van der Waals surface area contributed by atoms with Crippen LogP contribution in [0.15, 0.2) is 10.3 Å². The summed E-state index contributed by atoms with van der Waals surface area (Å²) in [6.45, 7) is 2.87. The Morgan fingerprint density at radius 3 is 1.20 bits per heavy atom. The number of nitrogens with zero attached hydrogens (tertiary/aromatic N) is 2. The minimum absolute atomic E-state index is 0. The predicted molar refractivity (Wildman–Crippen MR) is 33.0 cm³/mol. The van der Waals surface area contributed by atoms with Gasteiger partial charge in [0.05, 0.1) is 0 Å². The van der Waals surface area contributed by atoms with E-state index in [0.29, 0.717) is 0 Å². The van der Waals surface area contributed by atoms with Crippen molar-refractivity contribution in [3.63, 3.8) is 0 Å². The third-order valence-corrected chi connectivity index (χ3v) is 0.797. The third kappa shape index (κ3) is 7.05. The van der Waals surface area contributed by atoms with Crippen LogP contribution in [0.3, 0.4) is 0 Å². The molecule has 0 N–H and O–H groups in total. The van der Waals surface area contributed by atoms with Crippen molar-refractivity contribution in [3.05, 3.63) is 10.4 Å². The van der Waals surface area contributed by atoms with Gasteiger partial charge in [0, 0.05) is 11.4 Å². The molecule has 0 aromatic rings. The van der Waals surface area contributed by atoms with Gasteiger partial charge < -0.3 is 20.7 Å². The van der Waals surface area contributed by atoms with Crippen LogP contribution in [-0.4, -0.2) is 11.4 Å². The smallest absolute Gasteiger partial charge is 0.792 e. The molecule has 6 heteroatoms. The van der Waals surface area contributed by atoms with Crippen molar-refractivity contribution in [1.29, 1.82) is 0 Å². The van der Waals surface area contributed by atoms with Crippen molar-refractivity contribution in [3.8, 4) is 0 Å². The fraction of sp³-hybridized carbons (Fsp3) is 0.500. The van der Waals surface area contributed by atoms with Crippen LogP contribution in [-0.2, 0) is 0 Å². The maximum absolute atomic E-state index is 9.60. The van der Waals surface area contributed by atoms with E-state index >= 15 is 0 Å². The molecule has 0 saturated heterocycles. The first-order valence-corrected chi connectivity index (χ1v) is 2.06. The topological polar surface area (TPSA) is 70.8 Å². The molecule has 10 heavy (non-hydrogen) atoms. The second-order valence-electron chi connectivity index (χ2n) is 1.35. The molecule has 0 saturated carbocycles. The van der Waals surface area contributed by atoms with Gasteiger partial charge in [0.15, 0.2) is 0 Å². The van der Waals surface area contributed by atoms with E-state index < -0.39 is 0 Å². The molecule has 0 radical (unpaired) electrons. The molecule has 4 nitrogen and oxygen atoms in total. The van der Waals surface area contributed by atoms with Crippen molar-refractivity contribution < 1.29 is 59.1 Å². The van der Waals surface area contributed by atoms with Crippen molar-refractivity contribution in [2.75, 3.05) is 0 Å². The average molecular weight is 160 g/mol. The summed E-state index contributed by atoms with van der Waals surface area (Å²) in [5, 5.41) is 24.2. The first kappa shape index (κ1) is 17.1. The van der Waals surface area contributed by atoms with Crippen LogP contribution in [0.1, 0.15) is 13.8 Å². The molecule has 0 aromatic heterocycles. The van der Waals surface area contributed by atoms with Crippen LogP contribution < -0.4 is 59.1 Å². The molecular weight excluding hydrogens is 154 g/mol. The molecule has 0 heterocycles. The second kappa shape index (κ2) is 9.94. The second-order valence-corrected chi connectivity index (χ2v) is 1.35. The molecule has 0 rings (SSSR count). The largest absolute Gasteiger partial charge is 1.00 e. The molecule has 0 aliphatic heterocycles. The van der Waals surface area contributed by atoms with Gasteiger partial charge in [0.25, 0.3) is 0 Å². The van der Waals surface area contributed by atoms with Gasteiger partial charge in [-0.3, -0.25) is 0 Å². The first-order chi connectivity index (χ1) is 3.72. The minimum Gasteiger partial charge on any atom is -0.792 e. The molecule has 0 aromatic carbocycles. The fourth-order valence-electron chi connectivity index (χ4n) is 0.132. The molecule has 0 aliphatic rings. The van der Waals surface area contributed by atoms with Gasteiger partial charge in [-0.05, 0) is 13.8 Å². The zero-order valence-electron chi connectivity index (χ0n) is 6.71. The third-order valence-electron chi connectivity index (χ3n) is 0.797. The van der Waals surface area contributed by atoms with E-state index in [0.717, 1.165) is 0 Å². The van der Waals surface area contributed by atoms with Crippen LogP contribution in [0, 0.1) is 10.4 Å². The molecule has 0 bridgehead atoms. The Labute approximate surface area is 104 Å². The summed E-state index contributed by atoms with van der Waals surface area (Å²) in [4.78, 5) is 0. The summed E-state index contributed by atoms with van der Waals surface area (Å²) in [6, 6.07) is 0. The monoisotopic (exact) mass is 160 g/mol. The van der Waals surface area contributed by atoms with Gasteiger partial charge in [-0.15, -0.1) is 0 Å². The van der Waals surface area contributed by atoms with Crippen LogP contribution in [0.25, 0.3) is 0 Å². The maximum atomic E-state index is 9.60. The van der Waals surface area contributed by atoms with Crippen molar-refractivity contribution in [1.82, 2.24) is 0 Å². The van der Waals surface area contributed by atoms with E-state index in [1.807, 2.05) is 0 Å². The number of rotatable bonds is 1. The normalized spacial score (nSPS) is 11.4. The van der Waals surface area contributed by atoms with Crippen molar-refractivity contribution in [2.45, 2.75) is 13.8 Å². The van der Waals surface area contributed by atoms with Gasteiger partial charge >= 0.3 is 59.1 Å². The van der Waals surface area contributed by atoms with Gasteiger partial charge in [-0.2, -0.15) is 0 Å². The van der Waals surface area contributed by atoms with E-state index in [9.17, 15) is 10.4 Å². The minimum atomic E-state index is 0. The van der Waals surface area contributed by atoms with Gasteiger partial charge in [0.2, 0.25) is 0 Å². The molecule has 0 unspecified atom stereocenters. The van der Waals surface area contributed by atoms with Crippen molar-refractivity contribution in [2.24, 2.45) is 10.3 Å². The van der Waals surface area contributed by atoms with E-state index in [-0.39, 0.29) is 70.5 Å². The Hall–Kier alpha value is 0.940. The fourth-order valence-corrected chi connectivity index (χ4v) is 0.132. The zero-order valence-corrected chi connectivity index (χ0v) is 10.7. The average Bonchev–Trinajstić information content (AvgIpc) is 1.84. The van der Waals surface area contributed by atoms with Crippen molar-refractivity contribution >= 4 is 11.4 Å².